The summed E-state index contributed by atoms with van der Waals surface area (Å²) in [5.41, 5.74) is 0.439. The molecule has 0 saturated carbocycles. The second-order valence-corrected chi connectivity index (χ2v) is 8.17. The SMILES string of the molecule is O=c1cc(C(F)F)ncn1CC1CCN(c2nc3c(s2)CCCC3)CC1. The zero-order valence-corrected chi connectivity index (χ0v) is 15.4. The van der Waals surface area contributed by atoms with Crippen LogP contribution in [0.5, 0.6) is 0 Å². The molecule has 0 bridgehead atoms. The van der Waals surface area contributed by atoms with Gasteiger partial charge in [-0.2, -0.15) is 0 Å². The monoisotopic (exact) mass is 380 g/mol. The molecule has 3 heterocycles. The van der Waals surface area contributed by atoms with Crippen molar-refractivity contribution in [1.82, 2.24) is 14.5 Å². The number of halogens is 2. The van der Waals surface area contributed by atoms with Gasteiger partial charge in [0.05, 0.1) is 12.0 Å². The summed E-state index contributed by atoms with van der Waals surface area (Å²) in [5.74, 6) is 0.359. The molecule has 2 aromatic heterocycles. The van der Waals surface area contributed by atoms with Crippen LogP contribution in [-0.2, 0) is 19.4 Å². The Balaban J connectivity index is 1.36. The zero-order valence-electron chi connectivity index (χ0n) is 14.5. The van der Waals surface area contributed by atoms with Gasteiger partial charge in [-0.05, 0) is 44.4 Å². The van der Waals surface area contributed by atoms with Crippen molar-refractivity contribution in [3.05, 3.63) is 39.0 Å². The smallest absolute Gasteiger partial charge is 0.280 e. The van der Waals surface area contributed by atoms with Gasteiger partial charge in [0.25, 0.3) is 12.0 Å². The third-order valence-electron chi connectivity index (χ3n) is 5.30. The molecule has 0 N–H and O–H groups in total. The molecule has 1 saturated heterocycles. The molecule has 1 fully saturated rings. The van der Waals surface area contributed by atoms with E-state index >= 15 is 0 Å². The van der Waals surface area contributed by atoms with Gasteiger partial charge in [0.15, 0.2) is 5.13 Å². The summed E-state index contributed by atoms with van der Waals surface area (Å²) in [7, 11) is 0. The van der Waals surface area contributed by atoms with Crippen LogP contribution >= 0.6 is 11.3 Å². The first-order valence-electron chi connectivity index (χ1n) is 9.18. The van der Waals surface area contributed by atoms with Crippen LogP contribution < -0.4 is 10.5 Å². The van der Waals surface area contributed by atoms with Crippen molar-refractivity contribution in [3.8, 4) is 0 Å². The standard InChI is InChI=1S/C18H22F2N4OS/c19-17(20)14-9-16(25)24(11-21-14)10-12-5-7-23(8-6-12)18-22-13-3-1-2-4-15(13)26-18/h9,11-12,17H,1-8,10H2. The summed E-state index contributed by atoms with van der Waals surface area (Å²) < 4.78 is 26.7. The Labute approximate surface area is 154 Å². The van der Waals surface area contributed by atoms with Crippen molar-refractivity contribution in [2.24, 2.45) is 5.92 Å². The van der Waals surface area contributed by atoms with E-state index in [2.05, 4.69) is 9.88 Å². The van der Waals surface area contributed by atoms with Gasteiger partial charge in [0.1, 0.15) is 5.69 Å². The highest BCUT2D eigenvalue weighted by atomic mass is 32.1. The maximum Gasteiger partial charge on any atom is 0.280 e. The van der Waals surface area contributed by atoms with Crippen LogP contribution in [0.25, 0.3) is 0 Å². The largest absolute Gasteiger partial charge is 0.348 e. The summed E-state index contributed by atoms with van der Waals surface area (Å²) in [6.07, 6.45) is 5.26. The highest BCUT2D eigenvalue weighted by Crippen LogP contribution is 2.33. The molecule has 8 heteroatoms. The van der Waals surface area contributed by atoms with Crippen LogP contribution in [0.3, 0.4) is 0 Å². The molecule has 2 aromatic rings. The summed E-state index contributed by atoms with van der Waals surface area (Å²) in [4.78, 5) is 24.3. The Bertz CT molecular complexity index is 803. The lowest BCUT2D eigenvalue weighted by Gasteiger charge is -2.31. The number of aryl methyl sites for hydroxylation is 2. The van der Waals surface area contributed by atoms with Crippen molar-refractivity contribution in [3.63, 3.8) is 0 Å². The molecular formula is C18H22F2N4OS. The molecule has 0 radical (unpaired) electrons. The fourth-order valence-electron chi connectivity index (χ4n) is 3.76. The number of fused-ring (bicyclic) bond motifs is 1. The predicted octanol–water partition coefficient (Wildman–Crippen LogP) is 3.43. The fraction of sp³-hybridized carbons (Fsp3) is 0.611. The van der Waals surface area contributed by atoms with Crippen molar-refractivity contribution in [1.29, 1.82) is 0 Å². The number of thiazole rings is 1. The third kappa shape index (κ3) is 3.65. The van der Waals surface area contributed by atoms with Crippen molar-refractivity contribution >= 4 is 16.5 Å². The highest BCUT2D eigenvalue weighted by molar-refractivity contribution is 7.15. The second kappa shape index (κ2) is 7.42. The summed E-state index contributed by atoms with van der Waals surface area (Å²) in [6, 6.07) is 0.944. The Hall–Kier alpha value is -1.83. The van der Waals surface area contributed by atoms with Crippen molar-refractivity contribution < 1.29 is 8.78 Å². The van der Waals surface area contributed by atoms with Gasteiger partial charge in [-0.3, -0.25) is 9.36 Å². The molecule has 26 heavy (non-hydrogen) atoms. The number of hydrogen-bond donors (Lipinski definition) is 0. The fourth-order valence-corrected chi connectivity index (χ4v) is 4.95. The van der Waals surface area contributed by atoms with Gasteiger partial charge in [-0.25, -0.2) is 18.7 Å². The van der Waals surface area contributed by atoms with E-state index in [-0.39, 0.29) is 0 Å². The first-order valence-corrected chi connectivity index (χ1v) is 10.00. The third-order valence-corrected chi connectivity index (χ3v) is 6.52. The Kier molecular flexibility index (Phi) is 5.02. The molecule has 140 valence electrons. The summed E-state index contributed by atoms with van der Waals surface area (Å²) in [5, 5.41) is 1.13. The Morgan fingerprint density at radius 2 is 2.00 bits per heavy atom. The molecule has 0 atom stereocenters. The first-order chi connectivity index (χ1) is 12.6. The lowest BCUT2D eigenvalue weighted by atomic mass is 9.97. The number of aromatic nitrogens is 3. The average molecular weight is 380 g/mol. The van der Waals surface area contributed by atoms with Gasteiger partial charge in [0, 0.05) is 30.6 Å². The minimum Gasteiger partial charge on any atom is -0.348 e. The van der Waals surface area contributed by atoms with E-state index in [4.69, 9.17) is 4.98 Å². The number of alkyl halides is 2. The van der Waals surface area contributed by atoms with Crippen LogP contribution in [0.15, 0.2) is 17.2 Å². The molecule has 2 aliphatic rings. The number of nitrogens with zero attached hydrogens (tertiary/aromatic N) is 4. The maximum absolute atomic E-state index is 12.6. The molecular weight excluding hydrogens is 358 g/mol. The van der Waals surface area contributed by atoms with E-state index in [0.29, 0.717) is 12.5 Å². The minimum atomic E-state index is -2.70. The molecule has 0 spiro atoms. The molecule has 0 aromatic carbocycles. The van der Waals surface area contributed by atoms with E-state index in [1.165, 1.54) is 34.3 Å². The maximum atomic E-state index is 12.6. The second-order valence-electron chi connectivity index (χ2n) is 7.11. The highest BCUT2D eigenvalue weighted by Gasteiger charge is 2.24. The molecule has 0 unspecified atom stereocenters. The van der Waals surface area contributed by atoms with E-state index in [1.54, 1.807) is 0 Å². The van der Waals surface area contributed by atoms with Gasteiger partial charge in [-0.15, -0.1) is 11.3 Å². The lowest BCUT2D eigenvalue weighted by Crippen LogP contribution is -2.36. The quantitative estimate of drug-likeness (QED) is 0.815. The first kappa shape index (κ1) is 17.6. The molecule has 1 aliphatic heterocycles. The van der Waals surface area contributed by atoms with E-state index in [0.717, 1.165) is 50.0 Å². The normalized spacial score (nSPS) is 18.3. The van der Waals surface area contributed by atoms with Crippen LogP contribution in [0.2, 0.25) is 0 Å². The molecule has 5 nitrogen and oxygen atoms in total. The minimum absolute atomic E-state index is 0.359. The number of hydrogen-bond acceptors (Lipinski definition) is 5. The average Bonchev–Trinajstić information content (AvgIpc) is 3.08. The number of anilines is 1. The van der Waals surface area contributed by atoms with Gasteiger partial charge in [0.2, 0.25) is 0 Å². The zero-order chi connectivity index (χ0) is 18.1. The van der Waals surface area contributed by atoms with Crippen molar-refractivity contribution in [2.45, 2.75) is 51.5 Å². The van der Waals surface area contributed by atoms with Crippen LogP contribution in [-0.4, -0.2) is 27.6 Å². The summed E-state index contributed by atoms with van der Waals surface area (Å²) in [6.45, 7) is 2.39. The molecule has 4 rings (SSSR count). The molecule has 1 aliphatic carbocycles. The van der Waals surface area contributed by atoms with Crippen molar-refractivity contribution in [2.75, 3.05) is 18.0 Å². The Morgan fingerprint density at radius 3 is 2.69 bits per heavy atom. The van der Waals surface area contributed by atoms with Crippen LogP contribution in [0.1, 0.15) is 48.4 Å². The predicted molar refractivity (Wildman–Crippen MR) is 97.1 cm³/mol. The van der Waals surface area contributed by atoms with Gasteiger partial charge in [-0.1, -0.05) is 0 Å². The topological polar surface area (TPSA) is 51.0 Å². The molecule has 0 amide bonds. The van der Waals surface area contributed by atoms with E-state index in [9.17, 15) is 13.6 Å². The van der Waals surface area contributed by atoms with Crippen LogP contribution in [0.4, 0.5) is 13.9 Å². The number of rotatable bonds is 4. The van der Waals surface area contributed by atoms with E-state index in [1.807, 2.05) is 11.3 Å². The van der Waals surface area contributed by atoms with Gasteiger partial charge >= 0.3 is 0 Å². The van der Waals surface area contributed by atoms with Gasteiger partial charge < -0.3 is 4.90 Å². The van der Waals surface area contributed by atoms with Crippen LogP contribution in [0, 0.1) is 5.92 Å². The Morgan fingerprint density at radius 1 is 1.23 bits per heavy atom. The lowest BCUT2D eigenvalue weighted by molar-refractivity contribution is 0.145. The number of piperidine rings is 1. The van der Waals surface area contributed by atoms with E-state index < -0.39 is 17.7 Å². The summed E-state index contributed by atoms with van der Waals surface area (Å²) >= 11 is 1.83.